The molecule has 0 radical (unpaired) electrons. The van der Waals surface area contributed by atoms with Crippen LogP contribution in [0.1, 0.15) is 13.3 Å². The fourth-order valence-electron chi connectivity index (χ4n) is 1.41. The molecule has 0 aromatic heterocycles. The fraction of sp³-hybridized carbons (Fsp3) is 0.667. The van der Waals surface area contributed by atoms with Crippen molar-refractivity contribution in [1.82, 2.24) is 0 Å². The first kappa shape index (κ1) is 13.1. The molecule has 0 aliphatic carbocycles. The third-order valence-corrected chi connectivity index (χ3v) is 2.59. The molecule has 86 valence electrons. The van der Waals surface area contributed by atoms with Gasteiger partial charge in [-0.15, -0.1) is 6.58 Å². The number of alkyl halides is 3. The Hall–Kier alpha value is 0.0400. The van der Waals surface area contributed by atoms with Crippen LogP contribution in [0.2, 0.25) is 0 Å². The highest BCUT2D eigenvalue weighted by Crippen LogP contribution is 2.31. The molecule has 0 aromatic rings. The Labute approximate surface area is 104 Å². The number of ether oxygens (including phenoxy) is 2. The van der Waals surface area contributed by atoms with E-state index in [4.69, 9.17) is 49.7 Å². The molecule has 1 fully saturated rings. The van der Waals surface area contributed by atoms with E-state index in [-0.39, 0.29) is 24.2 Å². The molecule has 1 saturated heterocycles. The molecule has 1 aliphatic heterocycles. The number of rotatable bonds is 2. The minimum atomic E-state index is -1.82. The van der Waals surface area contributed by atoms with Crippen LogP contribution in [0, 0.1) is 5.41 Å². The van der Waals surface area contributed by atoms with E-state index in [1.807, 2.05) is 6.92 Å². The Morgan fingerprint density at radius 2 is 2.20 bits per heavy atom. The monoisotopic (exact) mass is 271 g/mol. The molecular weight excluding hydrogens is 260 g/mol. The first-order valence-corrected chi connectivity index (χ1v) is 5.58. The summed E-state index contributed by atoms with van der Waals surface area (Å²) in [5.41, 5.74) is 0. The topological polar surface area (TPSA) is 42.3 Å². The third-order valence-electron chi connectivity index (χ3n) is 2.08. The summed E-state index contributed by atoms with van der Waals surface area (Å²) < 4.78 is 8.89. The highest BCUT2D eigenvalue weighted by molar-refractivity contribution is 6.76. The zero-order valence-corrected chi connectivity index (χ0v) is 10.4. The van der Waals surface area contributed by atoms with Gasteiger partial charge in [0.2, 0.25) is 5.90 Å². The number of nitrogens with one attached hydrogen (secondary N) is 1. The molecule has 1 rings (SSSR count). The lowest BCUT2D eigenvalue weighted by molar-refractivity contribution is 0.0502. The van der Waals surface area contributed by atoms with Gasteiger partial charge in [0.25, 0.3) is 3.79 Å². The van der Waals surface area contributed by atoms with Crippen LogP contribution in [0.5, 0.6) is 0 Å². The Morgan fingerprint density at radius 3 is 2.67 bits per heavy atom. The van der Waals surface area contributed by atoms with Crippen molar-refractivity contribution in [2.45, 2.75) is 35.4 Å². The highest BCUT2D eigenvalue weighted by atomic mass is 35.6. The molecule has 6 heteroatoms. The van der Waals surface area contributed by atoms with Gasteiger partial charge < -0.3 is 9.47 Å². The van der Waals surface area contributed by atoms with Crippen LogP contribution in [0.3, 0.4) is 0 Å². The molecule has 15 heavy (non-hydrogen) atoms. The average molecular weight is 273 g/mol. The van der Waals surface area contributed by atoms with Crippen LogP contribution in [-0.4, -0.2) is 28.0 Å². The van der Waals surface area contributed by atoms with Crippen molar-refractivity contribution in [2.24, 2.45) is 0 Å². The normalized spacial score (nSPS) is 31.3. The summed E-state index contributed by atoms with van der Waals surface area (Å²) in [6.45, 7) is 5.54. The van der Waals surface area contributed by atoms with Crippen molar-refractivity contribution >= 4 is 40.7 Å². The molecule has 3 nitrogen and oxygen atoms in total. The molecule has 0 spiro atoms. The van der Waals surface area contributed by atoms with Crippen LogP contribution < -0.4 is 0 Å². The Bertz CT molecular complexity index is 265. The fourth-order valence-corrected chi connectivity index (χ4v) is 1.55. The van der Waals surface area contributed by atoms with E-state index in [2.05, 4.69) is 6.58 Å². The van der Waals surface area contributed by atoms with Crippen LogP contribution in [0.4, 0.5) is 0 Å². The van der Waals surface area contributed by atoms with Gasteiger partial charge in [-0.25, -0.2) is 0 Å². The second-order valence-electron chi connectivity index (χ2n) is 3.37. The lowest BCUT2D eigenvalue weighted by atomic mass is 10.1. The predicted octanol–water partition coefficient (Wildman–Crippen LogP) is 3.08. The number of hydrogen-bond acceptors (Lipinski definition) is 3. The van der Waals surface area contributed by atoms with Crippen LogP contribution >= 0.6 is 34.8 Å². The smallest absolute Gasteiger partial charge is 0.265 e. The maximum absolute atomic E-state index is 7.43. The largest absolute Gasteiger partial charge is 0.472 e. The van der Waals surface area contributed by atoms with Gasteiger partial charge in [0.1, 0.15) is 12.2 Å². The number of halogens is 3. The second kappa shape index (κ2) is 4.91. The maximum atomic E-state index is 7.43. The van der Waals surface area contributed by atoms with Gasteiger partial charge in [0, 0.05) is 6.42 Å². The summed E-state index contributed by atoms with van der Waals surface area (Å²) >= 11 is 16.5. The quantitative estimate of drug-likeness (QED) is 0.363. The molecule has 0 unspecified atom stereocenters. The summed E-state index contributed by atoms with van der Waals surface area (Å²) in [6.07, 6.45) is 1.77. The zero-order valence-electron chi connectivity index (χ0n) is 8.17. The van der Waals surface area contributed by atoms with Crippen molar-refractivity contribution in [3.8, 4) is 0 Å². The maximum Gasteiger partial charge on any atom is 0.265 e. The summed E-state index contributed by atoms with van der Waals surface area (Å²) in [7, 11) is 0. The predicted molar refractivity (Wildman–Crippen MR) is 62.0 cm³/mol. The Balaban J connectivity index is 2.58. The number of hydrogen-bond donors (Lipinski definition) is 1. The van der Waals surface area contributed by atoms with Gasteiger partial charge in [-0.1, -0.05) is 40.9 Å². The molecule has 1 heterocycles. The van der Waals surface area contributed by atoms with E-state index in [9.17, 15) is 0 Å². The van der Waals surface area contributed by atoms with E-state index < -0.39 is 3.79 Å². The molecule has 0 aromatic carbocycles. The minimum Gasteiger partial charge on any atom is -0.472 e. The molecule has 3 atom stereocenters. The SMILES string of the molecule is C=C[C@@H]1O[C@@H](C)C[C@@H]1OC(=N)C(Cl)(Cl)Cl. The van der Waals surface area contributed by atoms with Gasteiger partial charge in [0.05, 0.1) is 6.10 Å². The minimum absolute atomic E-state index is 0.0566. The van der Waals surface area contributed by atoms with Crippen LogP contribution in [0.15, 0.2) is 12.7 Å². The van der Waals surface area contributed by atoms with E-state index in [1.54, 1.807) is 6.08 Å². The summed E-state index contributed by atoms with van der Waals surface area (Å²) in [4.78, 5) is 0. The average Bonchev–Trinajstić information content (AvgIpc) is 2.44. The molecule has 0 saturated carbocycles. The molecule has 0 bridgehead atoms. The van der Waals surface area contributed by atoms with E-state index in [0.29, 0.717) is 6.42 Å². The molecule has 0 amide bonds. The van der Waals surface area contributed by atoms with Gasteiger partial charge in [-0.05, 0) is 6.92 Å². The van der Waals surface area contributed by atoms with Crippen molar-refractivity contribution in [3.63, 3.8) is 0 Å². The summed E-state index contributed by atoms with van der Waals surface area (Å²) in [5, 5.41) is 7.43. The van der Waals surface area contributed by atoms with Crippen molar-refractivity contribution in [1.29, 1.82) is 5.41 Å². The Morgan fingerprint density at radius 1 is 1.60 bits per heavy atom. The second-order valence-corrected chi connectivity index (χ2v) is 5.65. The van der Waals surface area contributed by atoms with Gasteiger partial charge in [-0.3, -0.25) is 5.41 Å². The van der Waals surface area contributed by atoms with Gasteiger partial charge >= 0.3 is 0 Å². The third kappa shape index (κ3) is 3.52. The van der Waals surface area contributed by atoms with E-state index in [0.717, 1.165) is 0 Å². The van der Waals surface area contributed by atoms with E-state index in [1.165, 1.54) is 0 Å². The first-order valence-electron chi connectivity index (χ1n) is 4.45. The Kier molecular flexibility index (Phi) is 4.29. The van der Waals surface area contributed by atoms with Gasteiger partial charge in [0.15, 0.2) is 0 Å². The lowest BCUT2D eigenvalue weighted by Crippen LogP contribution is -2.31. The van der Waals surface area contributed by atoms with E-state index >= 15 is 0 Å². The summed E-state index contributed by atoms with van der Waals surface area (Å²) in [6, 6.07) is 0. The van der Waals surface area contributed by atoms with Crippen molar-refractivity contribution in [2.75, 3.05) is 0 Å². The molecular formula is C9H12Cl3NO2. The first-order chi connectivity index (χ1) is 6.84. The van der Waals surface area contributed by atoms with Crippen LogP contribution in [-0.2, 0) is 9.47 Å². The highest BCUT2D eigenvalue weighted by Gasteiger charge is 2.37. The van der Waals surface area contributed by atoms with Crippen LogP contribution in [0.25, 0.3) is 0 Å². The lowest BCUT2D eigenvalue weighted by Gasteiger charge is -2.20. The zero-order chi connectivity index (χ0) is 11.6. The van der Waals surface area contributed by atoms with Gasteiger partial charge in [-0.2, -0.15) is 0 Å². The molecule has 1 N–H and O–H groups in total. The standard InChI is InChI=1S/C9H12Cl3NO2/c1-3-6-7(4-5(2)14-6)15-8(13)9(10,11)12/h3,5-7,13H,1,4H2,2H3/t5-,6-,7-/m0/s1. The van der Waals surface area contributed by atoms with Crippen molar-refractivity contribution in [3.05, 3.63) is 12.7 Å². The summed E-state index contributed by atoms with van der Waals surface area (Å²) in [5.74, 6) is -0.387. The molecule has 1 aliphatic rings. The van der Waals surface area contributed by atoms with Crippen molar-refractivity contribution < 1.29 is 9.47 Å².